The third-order valence-corrected chi connectivity index (χ3v) is 9.30. The highest BCUT2D eigenvalue weighted by Crippen LogP contribution is 2.65. The number of methoxy groups -OCH3 is 1. The molecule has 12 heteroatoms. The number of carbonyl (C=O) groups excluding carboxylic acids is 4. The molecule has 4 aliphatic rings. The minimum absolute atomic E-state index is 0.0122. The molecule has 0 bridgehead atoms. The zero-order chi connectivity index (χ0) is 24.9. The van der Waals surface area contributed by atoms with Crippen molar-refractivity contribution in [3.05, 3.63) is 34.4 Å². The van der Waals surface area contributed by atoms with E-state index in [1.165, 1.54) is 26.3 Å². The number of nitrogens with zero attached hydrogens (tertiary/aromatic N) is 2. The number of halogens is 3. The molecule has 1 aromatic rings. The number of phenolic OH excluding ortho intramolecular Hbond substituents is 1. The fraction of sp³-hybridized carbons (Fsp3) is 0.455. The summed E-state index contributed by atoms with van der Waals surface area (Å²) in [4.78, 5) is 48.9. The minimum Gasteiger partial charge on any atom is -0.503 e. The Kier molecular flexibility index (Phi) is 5.05. The van der Waals surface area contributed by atoms with E-state index in [2.05, 4.69) is 0 Å². The standard InChI is InChI=1S/C22H19Cl3N2O7/c1-26-19(31)21(24)7-11-9(3-4-10-14(11)18(30)27(33)17(10)29)15(22(21,25)20(26)32)8-5-12(23)16(28)13(6-8)34-2/h3,5-6,10-11,14-15,28,33H,4,7H2,1-2H3/t10-,11+,14-,15-,21+,22-/m0/s1. The van der Waals surface area contributed by atoms with E-state index in [0.717, 1.165) is 4.90 Å². The van der Waals surface area contributed by atoms with Crippen LogP contribution in [0.2, 0.25) is 5.02 Å². The summed E-state index contributed by atoms with van der Waals surface area (Å²) in [7, 11) is 2.60. The van der Waals surface area contributed by atoms with Crippen LogP contribution in [0.15, 0.2) is 23.8 Å². The van der Waals surface area contributed by atoms with E-state index < -0.39 is 57.0 Å². The molecule has 1 aromatic carbocycles. The third-order valence-electron chi connectivity index (χ3n) is 7.60. The van der Waals surface area contributed by atoms with Gasteiger partial charge in [-0.15, -0.1) is 23.2 Å². The maximum Gasteiger partial charge on any atom is 0.257 e. The lowest BCUT2D eigenvalue weighted by Crippen LogP contribution is -2.60. The molecule has 2 heterocycles. The number of allylic oxidation sites excluding steroid dienone is 2. The first kappa shape index (κ1) is 23.4. The van der Waals surface area contributed by atoms with Gasteiger partial charge in [-0.2, -0.15) is 5.06 Å². The van der Waals surface area contributed by atoms with E-state index in [-0.39, 0.29) is 34.4 Å². The van der Waals surface area contributed by atoms with Crippen molar-refractivity contribution in [3.8, 4) is 11.5 Å². The fourth-order valence-corrected chi connectivity index (χ4v) is 7.26. The first-order chi connectivity index (χ1) is 15.9. The molecule has 0 spiro atoms. The number of phenols is 1. The minimum atomic E-state index is -1.98. The Labute approximate surface area is 208 Å². The van der Waals surface area contributed by atoms with Gasteiger partial charge in [0.15, 0.2) is 21.2 Å². The van der Waals surface area contributed by atoms with Crippen LogP contribution < -0.4 is 4.74 Å². The van der Waals surface area contributed by atoms with Gasteiger partial charge >= 0.3 is 0 Å². The zero-order valence-corrected chi connectivity index (χ0v) is 20.2. The summed E-state index contributed by atoms with van der Waals surface area (Å²) in [6, 6.07) is 2.84. The molecule has 2 saturated heterocycles. The number of fused-ring (bicyclic) bond motifs is 4. The number of hydrogen-bond donors (Lipinski definition) is 2. The van der Waals surface area contributed by atoms with E-state index >= 15 is 0 Å². The van der Waals surface area contributed by atoms with Gasteiger partial charge in [-0.3, -0.25) is 29.3 Å². The summed E-state index contributed by atoms with van der Waals surface area (Å²) in [6.45, 7) is 0. The van der Waals surface area contributed by atoms with Crippen molar-refractivity contribution in [2.24, 2.45) is 17.8 Å². The number of carbonyl (C=O) groups is 4. The number of alkyl halides is 2. The van der Waals surface area contributed by atoms with Crippen LogP contribution in [0.4, 0.5) is 0 Å². The van der Waals surface area contributed by atoms with Crippen LogP contribution in [0.1, 0.15) is 24.3 Å². The molecule has 34 heavy (non-hydrogen) atoms. The van der Waals surface area contributed by atoms with Gasteiger partial charge in [0.1, 0.15) is 0 Å². The summed E-state index contributed by atoms with van der Waals surface area (Å²) in [5.41, 5.74) is 0.868. The van der Waals surface area contributed by atoms with Crippen LogP contribution in [0, 0.1) is 17.8 Å². The van der Waals surface area contributed by atoms with E-state index in [1.807, 2.05) is 0 Å². The number of likely N-dealkylation sites (tertiary alicyclic amines) is 1. The first-order valence-electron chi connectivity index (χ1n) is 10.4. The van der Waals surface area contributed by atoms with Crippen molar-refractivity contribution >= 4 is 58.4 Å². The lowest BCUT2D eigenvalue weighted by atomic mass is 9.56. The molecule has 0 aromatic heterocycles. The Bertz CT molecular complexity index is 1220. The van der Waals surface area contributed by atoms with E-state index in [1.54, 1.807) is 6.08 Å². The lowest BCUT2D eigenvalue weighted by Gasteiger charge is -2.50. The summed E-state index contributed by atoms with van der Waals surface area (Å²) in [5.74, 6) is -6.88. The monoisotopic (exact) mass is 528 g/mol. The van der Waals surface area contributed by atoms with Gasteiger partial charge in [0.05, 0.1) is 24.0 Å². The van der Waals surface area contributed by atoms with Crippen molar-refractivity contribution in [2.45, 2.75) is 28.5 Å². The Morgan fingerprint density at radius 3 is 2.41 bits per heavy atom. The average molecular weight is 530 g/mol. The second-order valence-corrected chi connectivity index (χ2v) is 10.7. The number of hydrogen-bond acceptors (Lipinski definition) is 7. The predicted molar refractivity (Wildman–Crippen MR) is 119 cm³/mol. The van der Waals surface area contributed by atoms with Crippen molar-refractivity contribution in [1.82, 2.24) is 9.96 Å². The van der Waals surface area contributed by atoms with Crippen LogP contribution >= 0.6 is 34.8 Å². The number of aromatic hydroxyl groups is 1. The number of hydroxylamine groups is 2. The highest BCUT2D eigenvalue weighted by molar-refractivity contribution is 6.53. The molecule has 4 amide bonds. The molecule has 180 valence electrons. The van der Waals surface area contributed by atoms with Crippen LogP contribution in [0.5, 0.6) is 11.5 Å². The summed E-state index contributed by atoms with van der Waals surface area (Å²) >= 11 is 20.2. The Morgan fingerprint density at radius 1 is 1.09 bits per heavy atom. The molecular weight excluding hydrogens is 511 g/mol. The first-order valence-corrected chi connectivity index (χ1v) is 11.6. The van der Waals surface area contributed by atoms with Crippen molar-refractivity contribution in [2.75, 3.05) is 14.2 Å². The van der Waals surface area contributed by atoms with Gasteiger partial charge in [-0.25, -0.2) is 0 Å². The van der Waals surface area contributed by atoms with Gasteiger partial charge in [0.2, 0.25) is 0 Å². The summed E-state index contributed by atoms with van der Waals surface area (Å²) < 4.78 is 5.22. The SMILES string of the molecule is COc1cc([C@H]2C3=CC[C@@H]4C(=O)N(O)C(=O)[C@@H]4[C@@H]3C[C@@]3(Cl)C(=O)N(C)C(=O)[C@@]23Cl)cc(Cl)c1O. The molecule has 2 aliphatic carbocycles. The topological polar surface area (TPSA) is 124 Å². The van der Waals surface area contributed by atoms with Crippen LogP contribution in [-0.2, 0) is 19.2 Å². The predicted octanol–water partition coefficient (Wildman–Crippen LogP) is 2.43. The Hall–Kier alpha value is -2.33. The lowest BCUT2D eigenvalue weighted by molar-refractivity contribution is -0.173. The van der Waals surface area contributed by atoms with E-state index in [0.29, 0.717) is 11.1 Å². The molecular formula is C22H19Cl3N2O7. The second kappa shape index (κ2) is 7.34. The molecule has 2 N–H and O–H groups in total. The van der Waals surface area contributed by atoms with Gasteiger partial charge in [0, 0.05) is 13.0 Å². The fourth-order valence-electron chi connectivity index (χ4n) is 6.02. The quantitative estimate of drug-likeness (QED) is 0.261. The molecule has 1 saturated carbocycles. The third kappa shape index (κ3) is 2.61. The maximum atomic E-state index is 13.4. The van der Waals surface area contributed by atoms with Crippen LogP contribution in [-0.4, -0.2) is 67.8 Å². The molecule has 3 fully saturated rings. The number of benzene rings is 1. The number of rotatable bonds is 2. The molecule has 0 radical (unpaired) electrons. The van der Waals surface area contributed by atoms with E-state index in [9.17, 15) is 29.5 Å². The second-order valence-electron chi connectivity index (χ2n) is 9.04. The van der Waals surface area contributed by atoms with Gasteiger partial charge < -0.3 is 9.84 Å². The Balaban J connectivity index is 1.78. The van der Waals surface area contributed by atoms with E-state index in [4.69, 9.17) is 39.5 Å². The van der Waals surface area contributed by atoms with Crippen LogP contribution in [0.25, 0.3) is 0 Å². The number of ether oxygens (including phenoxy) is 1. The number of amides is 4. The van der Waals surface area contributed by atoms with Crippen LogP contribution in [0.3, 0.4) is 0 Å². The molecule has 2 aliphatic heterocycles. The Morgan fingerprint density at radius 2 is 1.76 bits per heavy atom. The molecule has 0 unspecified atom stereocenters. The largest absolute Gasteiger partial charge is 0.503 e. The van der Waals surface area contributed by atoms with Gasteiger partial charge in [-0.1, -0.05) is 23.3 Å². The average Bonchev–Trinajstić information content (AvgIpc) is 3.10. The summed E-state index contributed by atoms with van der Waals surface area (Å²) in [5, 5.41) is 20.3. The molecule has 5 rings (SSSR count). The molecule has 9 nitrogen and oxygen atoms in total. The maximum absolute atomic E-state index is 13.4. The smallest absolute Gasteiger partial charge is 0.257 e. The number of imide groups is 2. The molecule has 6 atom stereocenters. The highest BCUT2D eigenvalue weighted by Gasteiger charge is 2.75. The van der Waals surface area contributed by atoms with Crippen molar-refractivity contribution in [3.63, 3.8) is 0 Å². The normalized spacial score (nSPS) is 36.9. The van der Waals surface area contributed by atoms with Gasteiger partial charge in [-0.05, 0) is 36.5 Å². The van der Waals surface area contributed by atoms with Crippen molar-refractivity contribution < 1.29 is 34.2 Å². The highest BCUT2D eigenvalue weighted by atomic mass is 35.5. The van der Waals surface area contributed by atoms with Crippen molar-refractivity contribution in [1.29, 1.82) is 0 Å². The zero-order valence-electron chi connectivity index (χ0n) is 17.9. The van der Waals surface area contributed by atoms with Gasteiger partial charge in [0.25, 0.3) is 23.6 Å². The summed E-state index contributed by atoms with van der Waals surface area (Å²) in [6.07, 6.45) is 1.65.